The van der Waals surface area contributed by atoms with Crippen LogP contribution in [-0.2, 0) is 6.54 Å². The molecule has 19 heavy (non-hydrogen) atoms. The van der Waals surface area contributed by atoms with Crippen LogP contribution in [0.1, 0.15) is 46.1 Å². The first-order chi connectivity index (χ1) is 8.97. The van der Waals surface area contributed by atoms with E-state index in [1.54, 1.807) is 6.07 Å². The minimum atomic E-state index is 0.191. The fourth-order valence-corrected chi connectivity index (χ4v) is 2.39. The largest absolute Gasteiger partial charge is 0.489 e. The number of hydrogen-bond acceptors (Lipinski definition) is 2. The van der Waals surface area contributed by atoms with Gasteiger partial charge in [-0.25, -0.2) is 0 Å². The Kier molecular flexibility index (Phi) is 6.98. The molecule has 0 aromatic heterocycles. The van der Waals surface area contributed by atoms with Crippen LogP contribution in [-0.4, -0.2) is 12.1 Å². The number of hydrogen-bond donors (Lipinski definition) is 1. The molecule has 4 heteroatoms. The summed E-state index contributed by atoms with van der Waals surface area (Å²) in [5, 5.41) is 4.59. The summed E-state index contributed by atoms with van der Waals surface area (Å²) in [6, 6.07) is 4.05. The van der Waals surface area contributed by atoms with Crippen LogP contribution >= 0.6 is 23.2 Å². The van der Waals surface area contributed by atoms with E-state index in [4.69, 9.17) is 27.9 Å². The van der Waals surface area contributed by atoms with Crippen molar-refractivity contribution in [2.75, 3.05) is 0 Å². The molecule has 0 bridgehead atoms. The van der Waals surface area contributed by atoms with Crippen LogP contribution in [0.2, 0.25) is 10.0 Å². The van der Waals surface area contributed by atoms with Gasteiger partial charge >= 0.3 is 0 Å². The number of halogens is 2. The highest BCUT2D eigenvalue weighted by Gasteiger charge is 2.14. The molecule has 1 N–H and O–H groups in total. The van der Waals surface area contributed by atoms with Gasteiger partial charge in [-0.1, -0.05) is 50.9 Å². The van der Waals surface area contributed by atoms with E-state index in [1.807, 2.05) is 6.07 Å². The molecule has 0 radical (unpaired) electrons. The van der Waals surface area contributed by atoms with Crippen molar-refractivity contribution < 1.29 is 4.74 Å². The van der Waals surface area contributed by atoms with Gasteiger partial charge < -0.3 is 10.1 Å². The highest BCUT2D eigenvalue weighted by molar-refractivity contribution is 6.35. The Balaban J connectivity index is 2.98. The highest BCUT2D eigenvalue weighted by atomic mass is 35.5. The SMILES string of the molecule is CCC(CC)Oc1c(Cl)cc(Cl)cc1CNC(C)C. The van der Waals surface area contributed by atoms with E-state index in [1.165, 1.54) is 0 Å². The maximum atomic E-state index is 6.27. The summed E-state index contributed by atoms with van der Waals surface area (Å²) in [7, 11) is 0. The average Bonchev–Trinajstić information content (AvgIpc) is 2.35. The second-order valence-corrected chi connectivity index (χ2v) is 5.81. The minimum Gasteiger partial charge on any atom is -0.489 e. The molecule has 0 unspecified atom stereocenters. The van der Waals surface area contributed by atoms with Crippen LogP contribution in [0.25, 0.3) is 0 Å². The van der Waals surface area contributed by atoms with Crippen molar-refractivity contribution in [3.8, 4) is 5.75 Å². The lowest BCUT2D eigenvalue weighted by molar-refractivity contribution is 0.190. The Hall–Kier alpha value is -0.440. The van der Waals surface area contributed by atoms with Crippen molar-refractivity contribution in [2.45, 2.75) is 59.2 Å². The lowest BCUT2D eigenvalue weighted by atomic mass is 10.1. The lowest BCUT2D eigenvalue weighted by Crippen LogP contribution is -2.23. The Labute approximate surface area is 126 Å². The van der Waals surface area contributed by atoms with Gasteiger partial charge in [-0.2, -0.15) is 0 Å². The van der Waals surface area contributed by atoms with Gasteiger partial charge in [0.1, 0.15) is 5.75 Å². The molecule has 108 valence electrons. The highest BCUT2D eigenvalue weighted by Crippen LogP contribution is 2.33. The molecule has 0 fully saturated rings. The first kappa shape index (κ1) is 16.6. The van der Waals surface area contributed by atoms with E-state index < -0.39 is 0 Å². The third-order valence-electron chi connectivity index (χ3n) is 2.98. The van der Waals surface area contributed by atoms with Gasteiger partial charge in [0, 0.05) is 23.2 Å². The van der Waals surface area contributed by atoms with E-state index in [2.05, 4.69) is 33.0 Å². The zero-order valence-electron chi connectivity index (χ0n) is 12.1. The molecule has 0 saturated carbocycles. The van der Waals surface area contributed by atoms with Crippen LogP contribution in [0.4, 0.5) is 0 Å². The molecule has 0 atom stereocenters. The van der Waals surface area contributed by atoms with Crippen molar-refractivity contribution in [1.82, 2.24) is 5.32 Å². The van der Waals surface area contributed by atoms with Gasteiger partial charge in [-0.3, -0.25) is 0 Å². The third kappa shape index (κ3) is 5.21. The molecule has 0 saturated heterocycles. The van der Waals surface area contributed by atoms with Gasteiger partial charge in [0.25, 0.3) is 0 Å². The summed E-state index contributed by atoms with van der Waals surface area (Å²) < 4.78 is 6.03. The second kappa shape index (κ2) is 7.98. The van der Waals surface area contributed by atoms with Gasteiger partial charge in [0.15, 0.2) is 0 Å². The molecular weight excluding hydrogens is 281 g/mol. The molecule has 0 spiro atoms. The Morgan fingerprint density at radius 2 is 1.79 bits per heavy atom. The molecule has 2 nitrogen and oxygen atoms in total. The van der Waals surface area contributed by atoms with Crippen molar-refractivity contribution in [1.29, 1.82) is 0 Å². The molecular formula is C15H23Cl2NO. The molecule has 1 aromatic carbocycles. The molecule has 1 aromatic rings. The van der Waals surface area contributed by atoms with Gasteiger partial charge in [-0.05, 0) is 25.0 Å². The predicted molar refractivity (Wildman–Crippen MR) is 83.4 cm³/mol. The van der Waals surface area contributed by atoms with E-state index >= 15 is 0 Å². The predicted octanol–water partition coefficient (Wildman–Crippen LogP) is 5.06. The summed E-state index contributed by atoms with van der Waals surface area (Å²) in [5.41, 5.74) is 1.01. The van der Waals surface area contributed by atoms with E-state index in [9.17, 15) is 0 Å². The maximum absolute atomic E-state index is 6.27. The number of benzene rings is 1. The minimum absolute atomic E-state index is 0.191. The second-order valence-electron chi connectivity index (χ2n) is 4.97. The quantitative estimate of drug-likeness (QED) is 0.760. The van der Waals surface area contributed by atoms with Crippen molar-refractivity contribution in [2.24, 2.45) is 0 Å². The topological polar surface area (TPSA) is 21.3 Å². The first-order valence-electron chi connectivity index (χ1n) is 6.85. The number of ether oxygens (including phenoxy) is 1. The fourth-order valence-electron chi connectivity index (χ4n) is 1.81. The maximum Gasteiger partial charge on any atom is 0.142 e. The fraction of sp³-hybridized carbons (Fsp3) is 0.600. The smallest absolute Gasteiger partial charge is 0.142 e. The Morgan fingerprint density at radius 1 is 1.16 bits per heavy atom. The van der Waals surface area contributed by atoms with Crippen LogP contribution in [0, 0.1) is 0 Å². The zero-order valence-corrected chi connectivity index (χ0v) is 13.6. The third-order valence-corrected chi connectivity index (χ3v) is 3.48. The number of nitrogens with one attached hydrogen (secondary N) is 1. The normalized spacial score (nSPS) is 11.4. The zero-order chi connectivity index (χ0) is 14.4. The molecule has 1 rings (SSSR count). The summed E-state index contributed by atoms with van der Waals surface area (Å²) in [6.45, 7) is 9.14. The van der Waals surface area contributed by atoms with Crippen LogP contribution in [0.15, 0.2) is 12.1 Å². The molecule has 0 aliphatic rings. The van der Waals surface area contributed by atoms with Crippen molar-refractivity contribution in [3.05, 3.63) is 27.7 Å². The Morgan fingerprint density at radius 3 is 2.32 bits per heavy atom. The van der Waals surface area contributed by atoms with E-state index in [0.29, 0.717) is 22.6 Å². The molecule has 0 aliphatic heterocycles. The summed E-state index contributed by atoms with van der Waals surface area (Å²) in [5.74, 6) is 0.757. The van der Waals surface area contributed by atoms with Gasteiger partial charge in [0.05, 0.1) is 11.1 Å². The average molecular weight is 304 g/mol. The van der Waals surface area contributed by atoms with Gasteiger partial charge in [0.2, 0.25) is 0 Å². The number of rotatable bonds is 7. The summed E-state index contributed by atoms with van der Waals surface area (Å²) >= 11 is 12.3. The van der Waals surface area contributed by atoms with Crippen molar-refractivity contribution in [3.63, 3.8) is 0 Å². The van der Waals surface area contributed by atoms with Crippen molar-refractivity contribution >= 4 is 23.2 Å². The molecule has 0 aliphatic carbocycles. The van der Waals surface area contributed by atoms with E-state index in [0.717, 1.165) is 24.2 Å². The van der Waals surface area contributed by atoms with Crippen LogP contribution < -0.4 is 10.1 Å². The van der Waals surface area contributed by atoms with Gasteiger partial charge in [-0.15, -0.1) is 0 Å². The molecule has 0 amide bonds. The summed E-state index contributed by atoms with van der Waals surface area (Å²) in [6.07, 6.45) is 2.12. The monoisotopic (exact) mass is 303 g/mol. The summed E-state index contributed by atoms with van der Waals surface area (Å²) in [4.78, 5) is 0. The first-order valence-corrected chi connectivity index (χ1v) is 7.61. The van der Waals surface area contributed by atoms with Crippen LogP contribution in [0.5, 0.6) is 5.75 Å². The van der Waals surface area contributed by atoms with E-state index in [-0.39, 0.29) is 6.10 Å². The van der Waals surface area contributed by atoms with Crippen LogP contribution in [0.3, 0.4) is 0 Å². The standard InChI is InChI=1S/C15H23Cl2NO/c1-5-13(6-2)19-15-11(9-18-10(3)4)7-12(16)8-14(15)17/h7-8,10,13,18H,5-6,9H2,1-4H3. The molecule has 0 heterocycles. The Bertz CT molecular complexity index is 403. The lowest BCUT2D eigenvalue weighted by Gasteiger charge is -2.20.